The van der Waals surface area contributed by atoms with Gasteiger partial charge < -0.3 is 25.2 Å². The summed E-state index contributed by atoms with van der Waals surface area (Å²) in [5.74, 6) is -2.24. The summed E-state index contributed by atoms with van der Waals surface area (Å²) in [7, 11) is 0. The summed E-state index contributed by atoms with van der Waals surface area (Å²) in [4.78, 5) is 39.6. The summed E-state index contributed by atoms with van der Waals surface area (Å²) in [5, 5.41) is 14.0. The van der Waals surface area contributed by atoms with Crippen molar-refractivity contribution in [2.24, 2.45) is 10.9 Å². The topological polar surface area (TPSA) is 126 Å². The lowest BCUT2D eigenvalue weighted by atomic mass is 9.87. The third-order valence-electron chi connectivity index (χ3n) is 6.55. The number of benzene rings is 2. The Morgan fingerprint density at radius 2 is 1.59 bits per heavy atom. The molecule has 2 aromatic carbocycles. The Kier molecular flexibility index (Phi) is 8.72. The van der Waals surface area contributed by atoms with Crippen molar-refractivity contribution < 1.29 is 42.1 Å². The zero-order valence-electron chi connectivity index (χ0n) is 20.8. The van der Waals surface area contributed by atoms with Crippen LogP contribution in [0.5, 0.6) is 5.75 Å². The number of carboxylic acids is 1. The molecule has 1 heterocycles. The number of hydrogen-bond donors (Lipinski definition) is 3. The fourth-order valence-electron chi connectivity index (χ4n) is 4.44. The maximum Gasteiger partial charge on any atom is 0.415 e. The largest absolute Gasteiger partial charge is 0.490 e. The zero-order valence-corrected chi connectivity index (χ0v) is 20.8. The van der Waals surface area contributed by atoms with E-state index in [1.807, 2.05) is 0 Å². The molecule has 9 nitrogen and oxygen atoms in total. The minimum atomic E-state index is -4.78. The molecular weight excluding hydrogens is 519 g/mol. The number of carboxylic acid groups (broad SMARTS) is 1. The van der Waals surface area contributed by atoms with Crippen LogP contribution in [0.4, 0.5) is 13.2 Å². The molecule has 0 spiro atoms. The van der Waals surface area contributed by atoms with Crippen molar-refractivity contribution in [2.45, 2.75) is 50.1 Å². The van der Waals surface area contributed by atoms with Crippen LogP contribution in [0.2, 0.25) is 0 Å². The highest BCUT2D eigenvalue weighted by Crippen LogP contribution is 2.32. The van der Waals surface area contributed by atoms with Crippen LogP contribution >= 0.6 is 0 Å². The number of carbonyl (C=O) groups is 3. The molecule has 0 bridgehead atoms. The van der Waals surface area contributed by atoms with Crippen LogP contribution in [-0.2, 0) is 14.3 Å². The number of halogens is 3. The van der Waals surface area contributed by atoms with Crippen LogP contribution in [-0.4, -0.2) is 66.3 Å². The molecule has 39 heavy (non-hydrogen) atoms. The normalized spacial score (nSPS) is 22.8. The van der Waals surface area contributed by atoms with Crippen molar-refractivity contribution >= 4 is 23.7 Å². The molecule has 2 aromatic rings. The SMILES string of the molecule is O=C(NCCNC(=O)C1OC(c2ccccc2)=NC1C(F)(F)F)c1ccc(O[C@H]2CC[C@@H](C(=O)O)CC2)cc1. The lowest BCUT2D eigenvalue weighted by Gasteiger charge is -2.26. The first-order valence-electron chi connectivity index (χ1n) is 12.5. The fraction of sp³-hybridized carbons (Fsp3) is 0.407. The van der Waals surface area contributed by atoms with Gasteiger partial charge in [0, 0.05) is 24.2 Å². The predicted molar refractivity (Wildman–Crippen MR) is 133 cm³/mol. The highest BCUT2D eigenvalue weighted by Gasteiger charge is 2.53. The second kappa shape index (κ2) is 12.2. The Bertz CT molecular complexity index is 1200. The molecule has 1 aliphatic carbocycles. The van der Waals surface area contributed by atoms with Crippen LogP contribution in [0, 0.1) is 5.92 Å². The molecule has 0 aromatic heterocycles. The van der Waals surface area contributed by atoms with Gasteiger partial charge in [-0.1, -0.05) is 18.2 Å². The number of nitrogens with zero attached hydrogens (tertiary/aromatic N) is 1. The summed E-state index contributed by atoms with van der Waals surface area (Å²) in [6.45, 7) is -0.138. The van der Waals surface area contributed by atoms with Crippen LogP contribution in [0.15, 0.2) is 59.6 Å². The van der Waals surface area contributed by atoms with E-state index in [2.05, 4.69) is 15.6 Å². The summed E-state index contributed by atoms with van der Waals surface area (Å²) >= 11 is 0. The lowest BCUT2D eigenvalue weighted by molar-refractivity contribution is -0.167. The van der Waals surface area contributed by atoms with E-state index < -0.39 is 36.1 Å². The van der Waals surface area contributed by atoms with Gasteiger partial charge in [0.1, 0.15) is 5.75 Å². The van der Waals surface area contributed by atoms with Crippen molar-refractivity contribution in [3.8, 4) is 5.75 Å². The van der Waals surface area contributed by atoms with E-state index in [9.17, 15) is 27.6 Å². The van der Waals surface area contributed by atoms with Gasteiger partial charge in [-0.05, 0) is 62.1 Å². The van der Waals surface area contributed by atoms with Gasteiger partial charge in [0.15, 0.2) is 6.04 Å². The molecular formula is C27H28F3N3O6. The molecule has 3 N–H and O–H groups in total. The van der Waals surface area contributed by atoms with Gasteiger partial charge in [0.05, 0.1) is 12.0 Å². The standard InChI is InChI=1S/C27H28F3N3O6/c28-27(29,30)22-21(39-25(33-22)17-4-2-1-3-5-17)24(35)32-15-14-31-23(34)16-6-10-19(11-7-16)38-20-12-8-18(9-13-20)26(36)37/h1-7,10-11,18,20-22H,8-9,12-15H2,(H,31,34)(H,32,35)(H,36,37)/t18-,20+,21?,22?. The van der Waals surface area contributed by atoms with Crippen LogP contribution in [0.3, 0.4) is 0 Å². The van der Waals surface area contributed by atoms with Crippen molar-refractivity contribution in [2.75, 3.05) is 13.1 Å². The summed E-state index contributed by atoms with van der Waals surface area (Å²) in [6.07, 6.45) is -4.34. The highest BCUT2D eigenvalue weighted by molar-refractivity contribution is 5.98. The first-order valence-corrected chi connectivity index (χ1v) is 12.5. The summed E-state index contributed by atoms with van der Waals surface area (Å²) < 4.78 is 51.6. The molecule has 208 valence electrons. The number of alkyl halides is 3. The number of hydrogen-bond acceptors (Lipinski definition) is 6. The monoisotopic (exact) mass is 547 g/mol. The first kappa shape index (κ1) is 27.9. The Labute approximate surface area is 222 Å². The molecule has 2 unspecified atom stereocenters. The van der Waals surface area contributed by atoms with Gasteiger partial charge in [-0.3, -0.25) is 14.4 Å². The maximum atomic E-state index is 13.5. The van der Waals surface area contributed by atoms with Gasteiger partial charge in [0.2, 0.25) is 12.0 Å². The van der Waals surface area contributed by atoms with E-state index in [0.29, 0.717) is 42.6 Å². The number of carbonyl (C=O) groups excluding carboxylic acids is 2. The number of ether oxygens (including phenoxy) is 2. The number of nitrogens with one attached hydrogen (secondary N) is 2. The van der Waals surface area contributed by atoms with E-state index in [0.717, 1.165) is 0 Å². The molecule has 2 atom stereocenters. The molecule has 4 rings (SSSR count). The minimum absolute atomic E-state index is 0.0224. The smallest absolute Gasteiger partial charge is 0.415 e. The molecule has 0 saturated heterocycles. The van der Waals surface area contributed by atoms with E-state index in [4.69, 9.17) is 14.6 Å². The number of rotatable bonds is 9. The van der Waals surface area contributed by atoms with Crippen LogP contribution < -0.4 is 15.4 Å². The van der Waals surface area contributed by atoms with Gasteiger partial charge in [-0.15, -0.1) is 0 Å². The van der Waals surface area contributed by atoms with Gasteiger partial charge in [-0.2, -0.15) is 13.2 Å². The third-order valence-corrected chi connectivity index (χ3v) is 6.55. The second-order valence-electron chi connectivity index (χ2n) is 9.33. The molecule has 2 amide bonds. The van der Waals surface area contributed by atoms with Crippen molar-refractivity contribution in [1.82, 2.24) is 10.6 Å². The van der Waals surface area contributed by atoms with Crippen molar-refractivity contribution in [1.29, 1.82) is 0 Å². The predicted octanol–water partition coefficient (Wildman–Crippen LogP) is 3.33. The second-order valence-corrected chi connectivity index (χ2v) is 9.33. The van der Waals surface area contributed by atoms with Gasteiger partial charge >= 0.3 is 12.1 Å². The summed E-state index contributed by atoms with van der Waals surface area (Å²) in [5.41, 5.74) is 0.664. The van der Waals surface area contributed by atoms with Gasteiger partial charge in [-0.25, -0.2) is 4.99 Å². The van der Waals surface area contributed by atoms with Crippen LogP contribution in [0.25, 0.3) is 0 Å². The summed E-state index contributed by atoms with van der Waals surface area (Å²) in [6, 6.07) is 12.1. The maximum absolute atomic E-state index is 13.5. The average Bonchev–Trinajstić information content (AvgIpc) is 3.39. The van der Waals surface area contributed by atoms with Crippen molar-refractivity contribution in [3.05, 3.63) is 65.7 Å². The molecule has 0 radical (unpaired) electrons. The fourth-order valence-corrected chi connectivity index (χ4v) is 4.44. The Hall–Kier alpha value is -4.09. The zero-order chi connectivity index (χ0) is 28.0. The highest BCUT2D eigenvalue weighted by atomic mass is 19.4. The average molecular weight is 548 g/mol. The van der Waals surface area contributed by atoms with E-state index >= 15 is 0 Å². The Morgan fingerprint density at radius 3 is 2.21 bits per heavy atom. The Morgan fingerprint density at radius 1 is 0.949 bits per heavy atom. The van der Waals surface area contributed by atoms with Crippen LogP contribution in [0.1, 0.15) is 41.6 Å². The number of amides is 2. The van der Waals surface area contributed by atoms with E-state index in [1.54, 1.807) is 42.5 Å². The molecule has 12 heteroatoms. The molecule has 1 saturated carbocycles. The van der Waals surface area contributed by atoms with E-state index in [-0.39, 0.29) is 31.0 Å². The van der Waals surface area contributed by atoms with E-state index in [1.165, 1.54) is 12.1 Å². The molecule has 1 aliphatic heterocycles. The van der Waals surface area contributed by atoms with Gasteiger partial charge in [0.25, 0.3) is 11.8 Å². The first-order chi connectivity index (χ1) is 18.6. The third kappa shape index (κ3) is 7.27. The minimum Gasteiger partial charge on any atom is -0.490 e. The molecule has 2 aliphatic rings. The van der Waals surface area contributed by atoms with Crippen molar-refractivity contribution in [3.63, 3.8) is 0 Å². The lowest BCUT2D eigenvalue weighted by Crippen LogP contribution is -2.48. The quantitative estimate of drug-likeness (QED) is 0.414. The number of aliphatic imine (C=N–C) groups is 1. The number of aliphatic carboxylic acids is 1. The molecule has 1 fully saturated rings. The Balaban J connectivity index is 1.22.